The molecule has 0 spiro atoms. The van der Waals surface area contributed by atoms with E-state index in [1.807, 2.05) is 12.1 Å². The molecule has 3 rings (SSSR count). The fourth-order valence-electron chi connectivity index (χ4n) is 2.67. The van der Waals surface area contributed by atoms with Crippen molar-refractivity contribution in [1.29, 1.82) is 0 Å². The number of halogens is 2. The summed E-state index contributed by atoms with van der Waals surface area (Å²) in [5, 5.41) is 2.57. The number of carbonyl (C=O) groups excluding carboxylic acids is 1. The highest BCUT2D eigenvalue weighted by Gasteiger charge is 2.14. The lowest BCUT2D eigenvalue weighted by Gasteiger charge is -2.16. The van der Waals surface area contributed by atoms with Crippen LogP contribution in [0.15, 0.2) is 36.4 Å². The van der Waals surface area contributed by atoms with E-state index in [2.05, 4.69) is 5.32 Å². The average molecular weight is 304 g/mol. The third-order valence-corrected chi connectivity index (χ3v) is 4.10. The van der Waals surface area contributed by atoms with Crippen LogP contribution in [0.1, 0.15) is 34.3 Å². The summed E-state index contributed by atoms with van der Waals surface area (Å²) in [5.41, 5.74) is 3.19. The lowest BCUT2D eigenvalue weighted by atomic mass is 9.90. The van der Waals surface area contributed by atoms with E-state index in [0.717, 1.165) is 19.3 Å². The number of carbonyl (C=O) groups is 1. The van der Waals surface area contributed by atoms with E-state index in [-0.39, 0.29) is 16.6 Å². The number of hydrogen-bond acceptors (Lipinski definition) is 1. The summed E-state index contributed by atoms with van der Waals surface area (Å²) in [7, 11) is 0. The molecule has 2 aromatic rings. The minimum absolute atomic E-state index is 0.00163. The van der Waals surface area contributed by atoms with E-state index >= 15 is 0 Å². The van der Waals surface area contributed by atoms with Gasteiger partial charge >= 0.3 is 0 Å². The predicted octanol–water partition coefficient (Wildman–Crippen LogP) is 4.61. The number of benzene rings is 2. The fraction of sp³-hybridized carbons (Fsp3) is 0.235. The van der Waals surface area contributed by atoms with Crippen LogP contribution in [0, 0.1) is 5.82 Å². The molecule has 2 aromatic carbocycles. The van der Waals surface area contributed by atoms with Gasteiger partial charge in [0.2, 0.25) is 0 Å². The molecule has 0 aliphatic heterocycles. The van der Waals surface area contributed by atoms with E-state index in [1.165, 1.54) is 29.7 Å². The van der Waals surface area contributed by atoms with Gasteiger partial charge in [-0.2, -0.15) is 0 Å². The van der Waals surface area contributed by atoms with Crippen molar-refractivity contribution in [3.05, 3.63) is 63.9 Å². The van der Waals surface area contributed by atoms with Gasteiger partial charge in [-0.3, -0.25) is 4.79 Å². The van der Waals surface area contributed by atoms with Crippen molar-refractivity contribution in [2.24, 2.45) is 0 Å². The number of hydrogen-bond donors (Lipinski definition) is 1. The summed E-state index contributed by atoms with van der Waals surface area (Å²) in [6.07, 6.45) is 4.43. The van der Waals surface area contributed by atoms with Crippen LogP contribution in [-0.4, -0.2) is 5.91 Å². The second-order valence-electron chi connectivity index (χ2n) is 5.25. The van der Waals surface area contributed by atoms with Crippen LogP contribution < -0.4 is 5.32 Å². The minimum Gasteiger partial charge on any atom is -0.319 e. The third kappa shape index (κ3) is 2.93. The minimum atomic E-state index is -0.606. The van der Waals surface area contributed by atoms with Gasteiger partial charge in [0.25, 0.3) is 5.91 Å². The average Bonchev–Trinajstić information content (AvgIpc) is 2.51. The van der Waals surface area contributed by atoms with Crippen molar-refractivity contribution in [1.82, 2.24) is 0 Å². The van der Waals surface area contributed by atoms with Crippen molar-refractivity contribution in [2.75, 3.05) is 5.32 Å². The standard InChI is InChI=1S/C17H15ClFNO/c18-14-6-3-7-15(16(14)19)20-17(21)13-9-8-11-4-1-2-5-12(11)10-13/h3,6-10H,1-2,4-5H2,(H,20,21). The molecule has 0 saturated carbocycles. The number of rotatable bonds is 2. The van der Waals surface area contributed by atoms with Gasteiger partial charge in [-0.15, -0.1) is 0 Å². The highest BCUT2D eigenvalue weighted by Crippen LogP contribution is 2.24. The van der Waals surface area contributed by atoms with Crippen LogP contribution in [0.25, 0.3) is 0 Å². The van der Waals surface area contributed by atoms with E-state index in [9.17, 15) is 9.18 Å². The summed E-state index contributed by atoms with van der Waals surface area (Å²) in [5.74, 6) is -0.921. The number of nitrogens with one attached hydrogen (secondary N) is 1. The summed E-state index contributed by atoms with van der Waals surface area (Å²) < 4.78 is 13.8. The normalized spacial score (nSPS) is 13.6. The number of fused-ring (bicyclic) bond motifs is 1. The van der Waals surface area contributed by atoms with Gasteiger partial charge in [-0.1, -0.05) is 23.7 Å². The van der Waals surface area contributed by atoms with E-state index < -0.39 is 5.82 Å². The molecule has 0 unspecified atom stereocenters. The van der Waals surface area contributed by atoms with Crippen molar-refractivity contribution in [3.63, 3.8) is 0 Å². The maximum atomic E-state index is 13.8. The number of anilines is 1. The van der Waals surface area contributed by atoms with Crippen LogP contribution in [0.5, 0.6) is 0 Å². The molecule has 0 fully saturated rings. The quantitative estimate of drug-likeness (QED) is 0.862. The van der Waals surface area contributed by atoms with Gasteiger partial charge in [0.15, 0.2) is 5.82 Å². The second kappa shape index (κ2) is 5.86. The lowest BCUT2D eigenvalue weighted by molar-refractivity contribution is 0.102. The SMILES string of the molecule is O=C(Nc1cccc(Cl)c1F)c1ccc2c(c1)CCCC2. The van der Waals surface area contributed by atoms with Crippen LogP contribution in [0.3, 0.4) is 0 Å². The van der Waals surface area contributed by atoms with Crippen molar-refractivity contribution < 1.29 is 9.18 Å². The first-order chi connectivity index (χ1) is 10.1. The molecule has 0 aromatic heterocycles. The molecular formula is C17H15ClFNO. The maximum absolute atomic E-state index is 13.8. The molecule has 4 heteroatoms. The molecule has 1 amide bonds. The van der Waals surface area contributed by atoms with E-state index in [0.29, 0.717) is 5.56 Å². The van der Waals surface area contributed by atoms with Gasteiger partial charge in [0.05, 0.1) is 10.7 Å². The highest BCUT2D eigenvalue weighted by atomic mass is 35.5. The molecule has 1 N–H and O–H groups in total. The first kappa shape index (κ1) is 14.1. The molecular weight excluding hydrogens is 289 g/mol. The predicted molar refractivity (Wildman–Crippen MR) is 82.4 cm³/mol. The monoisotopic (exact) mass is 303 g/mol. The first-order valence-corrected chi connectivity index (χ1v) is 7.40. The number of amides is 1. The topological polar surface area (TPSA) is 29.1 Å². The Morgan fingerprint density at radius 2 is 1.86 bits per heavy atom. The summed E-state index contributed by atoms with van der Waals surface area (Å²) in [4.78, 5) is 12.2. The molecule has 0 saturated heterocycles. The Morgan fingerprint density at radius 3 is 2.67 bits per heavy atom. The highest BCUT2D eigenvalue weighted by molar-refractivity contribution is 6.31. The molecule has 108 valence electrons. The van der Waals surface area contributed by atoms with Crippen LogP contribution in [0.4, 0.5) is 10.1 Å². The summed E-state index contributed by atoms with van der Waals surface area (Å²) >= 11 is 5.71. The largest absolute Gasteiger partial charge is 0.319 e. The number of aryl methyl sites for hydroxylation is 2. The van der Waals surface area contributed by atoms with E-state index in [4.69, 9.17) is 11.6 Å². The molecule has 0 bridgehead atoms. The molecule has 2 nitrogen and oxygen atoms in total. The Labute approximate surface area is 127 Å². The zero-order valence-corrected chi connectivity index (χ0v) is 12.2. The molecule has 1 aliphatic rings. The lowest BCUT2D eigenvalue weighted by Crippen LogP contribution is -2.14. The molecule has 1 aliphatic carbocycles. The van der Waals surface area contributed by atoms with Crippen molar-refractivity contribution >= 4 is 23.2 Å². The third-order valence-electron chi connectivity index (χ3n) is 3.81. The Bertz CT molecular complexity index is 699. The first-order valence-electron chi connectivity index (χ1n) is 7.02. The van der Waals surface area contributed by atoms with Gasteiger partial charge < -0.3 is 5.32 Å². The molecule has 0 radical (unpaired) electrons. The van der Waals surface area contributed by atoms with E-state index in [1.54, 1.807) is 12.1 Å². The molecule has 21 heavy (non-hydrogen) atoms. The van der Waals surface area contributed by atoms with Crippen LogP contribution >= 0.6 is 11.6 Å². The zero-order chi connectivity index (χ0) is 14.8. The van der Waals surface area contributed by atoms with Crippen molar-refractivity contribution in [2.45, 2.75) is 25.7 Å². The van der Waals surface area contributed by atoms with Crippen LogP contribution in [-0.2, 0) is 12.8 Å². The van der Waals surface area contributed by atoms with Crippen LogP contribution in [0.2, 0.25) is 5.02 Å². The van der Waals surface area contributed by atoms with Crippen molar-refractivity contribution in [3.8, 4) is 0 Å². The smallest absolute Gasteiger partial charge is 0.255 e. The van der Waals surface area contributed by atoms with Gasteiger partial charge in [-0.25, -0.2) is 4.39 Å². The molecule has 0 heterocycles. The van der Waals surface area contributed by atoms with Gasteiger partial charge in [0, 0.05) is 5.56 Å². The Morgan fingerprint density at radius 1 is 1.10 bits per heavy atom. The Balaban J connectivity index is 1.84. The summed E-state index contributed by atoms with van der Waals surface area (Å²) in [6, 6.07) is 10.3. The fourth-order valence-corrected chi connectivity index (χ4v) is 2.84. The van der Waals surface area contributed by atoms with Gasteiger partial charge in [0.1, 0.15) is 0 Å². The van der Waals surface area contributed by atoms with Gasteiger partial charge in [-0.05, 0) is 61.1 Å². The Kier molecular flexibility index (Phi) is 3.93. The maximum Gasteiger partial charge on any atom is 0.255 e. The zero-order valence-electron chi connectivity index (χ0n) is 11.5. The summed E-state index contributed by atoms with van der Waals surface area (Å²) in [6.45, 7) is 0. The second-order valence-corrected chi connectivity index (χ2v) is 5.65. The molecule has 0 atom stereocenters. The Hall–Kier alpha value is -1.87.